The van der Waals surface area contributed by atoms with Crippen LogP contribution in [0, 0.1) is 21.3 Å². The van der Waals surface area contributed by atoms with Crippen molar-refractivity contribution in [3.63, 3.8) is 0 Å². The van der Waals surface area contributed by atoms with Crippen LogP contribution in [0.5, 0.6) is 0 Å². The molecular weight excluding hydrogens is 429 g/mol. The summed E-state index contributed by atoms with van der Waals surface area (Å²) in [4.78, 5) is 14.5. The standard InChI is InChI=1S/C16H19BrINO/c1-19(9-12-7-10-2-3-11(12)6-10)16(20)14-8-13(18)4-5-15(14)17/h4-5,8,10-12H,2-3,6-7,9H2,1H3. The smallest absolute Gasteiger partial charge is 0.254 e. The fraction of sp³-hybridized carbons (Fsp3) is 0.562. The number of halogens is 2. The molecule has 3 atom stereocenters. The molecule has 4 heteroatoms. The predicted octanol–water partition coefficient (Wildman–Crippen LogP) is 4.56. The van der Waals surface area contributed by atoms with Crippen molar-refractivity contribution in [2.45, 2.75) is 25.7 Å². The van der Waals surface area contributed by atoms with Crippen LogP contribution < -0.4 is 0 Å². The van der Waals surface area contributed by atoms with Gasteiger partial charge in [-0.2, -0.15) is 0 Å². The van der Waals surface area contributed by atoms with E-state index in [9.17, 15) is 4.79 Å². The van der Waals surface area contributed by atoms with Gasteiger partial charge >= 0.3 is 0 Å². The first-order valence-corrected chi connectivity index (χ1v) is 9.12. The molecule has 20 heavy (non-hydrogen) atoms. The zero-order valence-corrected chi connectivity index (χ0v) is 15.4. The largest absolute Gasteiger partial charge is 0.341 e. The third-order valence-electron chi connectivity index (χ3n) is 4.90. The van der Waals surface area contributed by atoms with E-state index in [4.69, 9.17) is 0 Å². The first kappa shape index (κ1) is 14.8. The summed E-state index contributed by atoms with van der Waals surface area (Å²) in [7, 11) is 1.95. The second kappa shape index (κ2) is 5.95. The van der Waals surface area contributed by atoms with E-state index in [1.807, 2.05) is 30.1 Å². The molecule has 0 N–H and O–H groups in total. The van der Waals surface area contributed by atoms with Crippen molar-refractivity contribution in [1.82, 2.24) is 4.90 Å². The van der Waals surface area contributed by atoms with Crippen molar-refractivity contribution >= 4 is 44.4 Å². The van der Waals surface area contributed by atoms with E-state index in [0.717, 1.165) is 37.9 Å². The molecule has 2 aliphatic rings. The van der Waals surface area contributed by atoms with Gasteiger partial charge in [-0.1, -0.05) is 6.42 Å². The Hall–Kier alpha value is -0.100. The van der Waals surface area contributed by atoms with Crippen molar-refractivity contribution < 1.29 is 4.79 Å². The van der Waals surface area contributed by atoms with E-state index in [1.54, 1.807) is 0 Å². The molecule has 0 heterocycles. The lowest BCUT2D eigenvalue weighted by Gasteiger charge is -2.27. The van der Waals surface area contributed by atoms with Gasteiger partial charge in [-0.15, -0.1) is 0 Å². The maximum Gasteiger partial charge on any atom is 0.254 e. The molecule has 0 aliphatic heterocycles. The molecule has 2 nitrogen and oxygen atoms in total. The van der Waals surface area contributed by atoms with E-state index in [-0.39, 0.29) is 5.91 Å². The Balaban J connectivity index is 1.69. The fourth-order valence-electron chi connectivity index (χ4n) is 3.90. The van der Waals surface area contributed by atoms with Gasteiger partial charge in [-0.05, 0) is 93.7 Å². The summed E-state index contributed by atoms with van der Waals surface area (Å²) in [6.45, 7) is 0.915. The average molecular weight is 448 g/mol. The average Bonchev–Trinajstić information content (AvgIpc) is 3.03. The Morgan fingerprint density at radius 1 is 1.40 bits per heavy atom. The van der Waals surface area contributed by atoms with Crippen LogP contribution in [0.3, 0.4) is 0 Å². The molecule has 0 aromatic heterocycles. The Kier molecular flexibility index (Phi) is 4.41. The SMILES string of the molecule is CN(CC1CC2CCC1C2)C(=O)c1cc(I)ccc1Br. The van der Waals surface area contributed by atoms with E-state index < -0.39 is 0 Å². The molecule has 2 saturated carbocycles. The number of amides is 1. The van der Waals surface area contributed by atoms with Crippen molar-refractivity contribution in [2.75, 3.05) is 13.6 Å². The maximum absolute atomic E-state index is 12.6. The number of hydrogen-bond donors (Lipinski definition) is 0. The molecule has 1 aromatic carbocycles. The molecule has 2 bridgehead atoms. The Morgan fingerprint density at radius 3 is 2.85 bits per heavy atom. The summed E-state index contributed by atoms with van der Waals surface area (Å²) in [6, 6.07) is 5.93. The van der Waals surface area contributed by atoms with Gasteiger partial charge in [0.05, 0.1) is 5.56 Å². The van der Waals surface area contributed by atoms with E-state index in [0.29, 0.717) is 0 Å². The summed E-state index contributed by atoms with van der Waals surface area (Å²) >= 11 is 5.75. The summed E-state index contributed by atoms with van der Waals surface area (Å²) in [5.74, 6) is 2.68. The predicted molar refractivity (Wildman–Crippen MR) is 92.8 cm³/mol. The molecule has 1 aromatic rings. The monoisotopic (exact) mass is 447 g/mol. The highest BCUT2D eigenvalue weighted by Crippen LogP contribution is 2.48. The topological polar surface area (TPSA) is 20.3 Å². The molecule has 3 rings (SSSR count). The number of nitrogens with zero attached hydrogens (tertiary/aromatic N) is 1. The summed E-state index contributed by atoms with van der Waals surface area (Å²) in [5, 5.41) is 0. The van der Waals surface area contributed by atoms with Gasteiger partial charge in [0.1, 0.15) is 0 Å². The zero-order valence-electron chi connectivity index (χ0n) is 11.6. The minimum absolute atomic E-state index is 0.137. The molecule has 108 valence electrons. The minimum Gasteiger partial charge on any atom is -0.341 e. The van der Waals surface area contributed by atoms with Gasteiger partial charge < -0.3 is 4.90 Å². The highest BCUT2D eigenvalue weighted by atomic mass is 127. The van der Waals surface area contributed by atoms with E-state index in [2.05, 4.69) is 38.5 Å². The van der Waals surface area contributed by atoms with Gasteiger partial charge in [0, 0.05) is 21.6 Å². The number of rotatable bonds is 3. The molecule has 3 unspecified atom stereocenters. The highest BCUT2D eigenvalue weighted by molar-refractivity contribution is 14.1. The molecule has 2 fully saturated rings. The third kappa shape index (κ3) is 2.91. The van der Waals surface area contributed by atoms with Crippen LogP contribution in [0.25, 0.3) is 0 Å². The van der Waals surface area contributed by atoms with Crippen LogP contribution in [-0.2, 0) is 0 Å². The quantitative estimate of drug-likeness (QED) is 0.622. The Labute approximate surface area is 142 Å². The normalized spacial score (nSPS) is 27.9. The first-order valence-electron chi connectivity index (χ1n) is 7.25. The van der Waals surface area contributed by atoms with Crippen molar-refractivity contribution in [2.24, 2.45) is 17.8 Å². The lowest BCUT2D eigenvalue weighted by Crippen LogP contribution is -2.34. The molecule has 0 radical (unpaired) electrons. The molecular formula is C16H19BrINO. The molecule has 2 aliphatic carbocycles. The Morgan fingerprint density at radius 2 is 2.20 bits per heavy atom. The summed E-state index contributed by atoms with van der Waals surface area (Å²) < 4.78 is 1.99. The number of benzene rings is 1. The van der Waals surface area contributed by atoms with Crippen LogP contribution in [0.2, 0.25) is 0 Å². The van der Waals surface area contributed by atoms with Crippen molar-refractivity contribution in [1.29, 1.82) is 0 Å². The van der Waals surface area contributed by atoms with Crippen molar-refractivity contribution in [3.05, 3.63) is 31.8 Å². The lowest BCUT2D eigenvalue weighted by atomic mass is 9.88. The molecule has 0 saturated heterocycles. The number of carbonyl (C=O) groups is 1. The maximum atomic E-state index is 12.6. The van der Waals surface area contributed by atoms with Gasteiger partial charge in [-0.25, -0.2) is 0 Å². The van der Waals surface area contributed by atoms with Crippen LogP contribution >= 0.6 is 38.5 Å². The Bertz CT molecular complexity index is 533. The van der Waals surface area contributed by atoms with Crippen LogP contribution in [0.1, 0.15) is 36.0 Å². The van der Waals surface area contributed by atoms with E-state index >= 15 is 0 Å². The lowest BCUT2D eigenvalue weighted by molar-refractivity contribution is 0.0753. The summed E-state index contributed by atoms with van der Waals surface area (Å²) in [6.07, 6.45) is 5.53. The van der Waals surface area contributed by atoms with Gasteiger partial charge in [0.2, 0.25) is 0 Å². The molecule has 1 amide bonds. The second-order valence-corrected chi connectivity index (χ2v) is 8.34. The first-order chi connectivity index (χ1) is 9.54. The summed E-state index contributed by atoms with van der Waals surface area (Å²) in [5.41, 5.74) is 0.780. The number of hydrogen-bond acceptors (Lipinski definition) is 1. The van der Waals surface area contributed by atoms with Crippen LogP contribution in [0.15, 0.2) is 22.7 Å². The molecule has 0 spiro atoms. The van der Waals surface area contributed by atoms with E-state index in [1.165, 1.54) is 25.7 Å². The number of fused-ring (bicyclic) bond motifs is 2. The fourth-order valence-corrected chi connectivity index (χ4v) is 4.81. The number of carbonyl (C=O) groups excluding carboxylic acids is 1. The van der Waals surface area contributed by atoms with Gasteiger partial charge in [0.15, 0.2) is 0 Å². The van der Waals surface area contributed by atoms with Gasteiger partial charge in [0.25, 0.3) is 5.91 Å². The van der Waals surface area contributed by atoms with Crippen LogP contribution in [-0.4, -0.2) is 24.4 Å². The highest BCUT2D eigenvalue weighted by Gasteiger charge is 2.40. The zero-order chi connectivity index (χ0) is 14.3. The minimum atomic E-state index is 0.137. The van der Waals surface area contributed by atoms with Gasteiger partial charge in [-0.3, -0.25) is 4.79 Å². The van der Waals surface area contributed by atoms with Crippen LogP contribution in [0.4, 0.5) is 0 Å². The second-order valence-electron chi connectivity index (χ2n) is 6.24. The third-order valence-corrected chi connectivity index (χ3v) is 6.26. The van der Waals surface area contributed by atoms with Crippen molar-refractivity contribution in [3.8, 4) is 0 Å².